The maximum atomic E-state index is 3.50. The van der Waals surface area contributed by atoms with Crippen molar-refractivity contribution in [2.24, 2.45) is 0 Å². The van der Waals surface area contributed by atoms with E-state index in [2.05, 4.69) is 29.4 Å². The van der Waals surface area contributed by atoms with Crippen molar-refractivity contribution >= 4 is 0 Å². The topological polar surface area (TPSA) is 24.1 Å². The van der Waals surface area contributed by atoms with Gasteiger partial charge < -0.3 is 10.6 Å². The summed E-state index contributed by atoms with van der Waals surface area (Å²) in [5.74, 6) is 5.91. The first kappa shape index (κ1) is 10.6. The van der Waals surface area contributed by atoms with Crippen LogP contribution < -0.4 is 10.6 Å². The van der Waals surface area contributed by atoms with Gasteiger partial charge in [0.15, 0.2) is 0 Å². The summed E-state index contributed by atoms with van der Waals surface area (Å²) in [5, 5.41) is 6.90. The second-order valence-electron chi connectivity index (χ2n) is 3.74. The van der Waals surface area contributed by atoms with Gasteiger partial charge in [-0.1, -0.05) is 5.92 Å². The molecule has 1 saturated heterocycles. The molecule has 0 amide bonds. The lowest BCUT2D eigenvalue weighted by Gasteiger charge is -2.16. The van der Waals surface area contributed by atoms with Gasteiger partial charge in [0.25, 0.3) is 0 Å². The quantitative estimate of drug-likeness (QED) is 0.634. The molecule has 2 nitrogen and oxygen atoms in total. The summed E-state index contributed by atoms with van der Waals surface area (Å²) in [6.45, 7) is 6.14. The molecule has 1 heterocycles. The minimum atomic E-state index is 0.580. The van der Waals surface area contributed by atoms with Crippen molar-refractivity contribution in [3.8, 4) is 11.8 Å². The van der Waals surface area contributed by atoms with E-state index in [1.165, 1.54) is 25.8 Å². The molecular weight excluding hydrogens is 160 g/mol. The van der Waals surface area contributed by atoms with Crippen LogP contribution in [0.4, 0.5) is 0 Å². The molecule has 1 rings (SSSR count). The van der Waals surface area contributed by atoms with Gasteiger partial charge in [0.05, 0.1) is 6.54 Å². The molecule has 13 heavy (non-hydrogen) atoms. The van der Waals surface area contributed by atoms with Gasteiger partial charge in [-0.2, -0.15) is 0 Å². The molecule has 0 spiro atoms. The van der Waals surface area contributed by atoms with Gasteiger partial charge >= 0.3 is 0 Å². The van der Waals surface area contributed by atoms with Crippen LogP contribution in [0.25, 0.3) is 0 Å². The third kappa shape index (κ3) is 4.31. The van der Waals surface area contributed by atoms with Crippen LogP contribution in [0.2, 0.25) is 0 Å². The van der Waals surface area contributed by atoms with E-state index >= 15 is 0 Å². The fourth-order valence-electron chi connectivity index (χ4n) is 1.78. The number of rotatable bonds is 4. The first-order valence-electron chi connectivity index (χ1n) is 5.19. The molecule has 1 aliphatic rings. The minimum Gasteiger partial charge on any atom is -0.314 e. The van der Waals surface area contributed by atoms with Gasteiger partial charge in [-0.3, -0.25) is 0 Å². The smallest absolute Gasteiger partial charge is 0.0578 e. The average Bonchev–Trinajstić information content (AvgIpc) is 2.57. The second kappa shape index (κ2) is 6.01. The summed E-state index contributed by atoms with van der Waals surface area (Å²) in [5.41, 5.74) is 0. The predicted octanol–water partition coefficient (Wildman–Crippen LogP) is 1.13. The normalized spacial score (nSPS) is 23.7. The third-order valence-corrected chi connectivity index (χ3v) is 2.52. The molecule has 2 unspecified atom stereocenters. The van der Waals surface area contributed by atoms with Gasteiger partial charge in [-0.25, -0.2) is 0 Å². The molecule has 2 atom stereocenters. The Morgan fingerprint density at radius 3 is 3.08 bits per heavy atom. The molecule has 0 aromatic carbocycles. The van der Waals surface area contributed by atoms with Crippen LogP contribution in [-0.2, 0) is 0 Å². The SMILES string of the molecule is CC#CCNC(C)CC1CCCN1. The van der Waals surface area contributed by atoms with Crippen LogP contribution in [0.1, 0.15) is 33.1 Å². The summed E-state index contributed by atoms with van der Waals surface area (Å²) in [6, 6.07) is 1.31. The van der Waals surface area contributed by atoms with Crippen LogP contribution in [-0.4, -0.2) is 25.2 Å². The Kier molecular flexibility index (Phi) is 4.88. The standard InChI is InChI=1S/C11H20N2/c1-3-4-7-12-10(2)9-11-6-5-8-13-11/h10-13H,5-9H2,1-2H3. The van der Waals surface area contributed by atoms with Crippen molar-refractivity contribution in [3.05, 3.63) is 0 Å². The largest absolute Gasteiger partial charge is 0.314 e. The minimum absolute atomic E-state index is 0.580. The van der Waals surface area contributed by atoms with E-state index in [0.717, 1.165) is 12.6 Å². The predicted molar refractivity (Wildman–Crippen MR) is 56.6 cm³/mol. The zero-order valence-corrected chi connectivity index (χ0v) is 8.69. The highest BCUT2D eigenvalue weighted by Gasteiger charge is 2.16. The average molecular weight is 180 g/mol. The molecule has 0 radical (unpaired) electrons. The number of nitrogens with one attached hydrogen (secondary N) is 2. The zero-order valence-electron chi connectivity index (χ0n) is 8.69. The van der Waals surface area contributed by atoms with Gasteiger partial charge in [-0.05, 0) is 39.7 Å². The molecule has 0 aromatic rings. The summed E-state index contributed by atoms with van der Waals surface area (Å²) in [7, 11) is 0. The van der Waals surface area contributed by atoms with Crippen molar-refractivity contribution in [3.63, 3.8) is 0 Å². The van der Waals surface area contributed by atoms with E-state index in [1.54, 1.807) is 0 Å². The lowest BCUT2D eigenvalue weighted by molar-refractivity contribution is 0.456. The van der Waals surface area contributed by atoms with E-state index in [-0.39, 0.29) is 0 Å². The Bertz CT molecular complexity index is 184. The van der Waals surface area contributed by atoms with Crippen molar-refractivity contribution in [1.29, 1.82) is 0 Å². The first-order chi connectivity index (χ1) is 6.33. The van der Waals surface area contributed by atoms with Crippen LogP contribution in [0.15, 0.2) is 0 Å². The summed E-state index contributed by atoms with van der Waals surface area (Å²) in [6.07, 6.45) is 3.91. The van der Waals surface area contributed by atoms with Crippen LogP contribution in [0.5, 0.6) is 0 Å². The highest BCUT2D eigenvalue weighted by atomic mass is 15.0. The monoisotopic (exact) mass is 180 g/mol. The summed E-state index contributed by atoms with van der Waals surface area (Å²) >= 11 is 0. The fourth-order valence-corrected chi connectivity index (χ4v) is 1.78. The number of hydrogen-bond acceptors (Lipinski definition) is 2. The first-order valence-corrected chi connectivity index (χ1v) is 5.19. The maximum absolute atomic E-state index is 3.50. The molecule has 1 fully saturated rings. The molecule has 0 saturated carbocycles. The van der Waals surface area contributed by atoms with Gasteiger partial charge in [0, 0.05) is 12.1 Å². The van der Waals surface area contributed by atoms with Gasteiger partial charge in [0.2, 0.25) is 0 Å². The van der Waals surface area contributed by atoms with E-state index < -0.39 is 0 Å². The highest BCUT2D eigenvalue weighted by molar-refractivity contribution is 4.97. The third-order valence-electron chi connectivity index (χ3n) is 2.52. The van der Waals surface area contributed by atoms with E-state index in [9.17, 15) is 0 Å². The Morgan fingerprint density at radius 2 is 2.46 bits per heavy atom. The summed E-state index contributed by atoms with van der Waals surface area (Å²) in [4.78, 5) is 0. The summed E-state index contributed by atoms with van der Waals surface area (Å²) < 4.78 is 0. The van der Waals surface area contributed by atoms with Gasteiger partial charge in [-0.15, -0.1) is 5.92 Å². The molecule has 0 bridgehead atoms. The Balaban J connectivity index is 2.07. The Morgan fingerprint density at radius 1 is 1.62 bits per heavy atom. The molecule has 1 aliphatic heterocycles. The lowest BCUT2D eigenvalue weighted by atomic mass is 10.1. The van der Waals surface area contributed by atoms with E-state index in [1.807, 2.05) is 6.92 Å². The molecule has 0 aliphatic carbocycles. The lowest BCUT2D eigenvalue weighted by Crippen LogP contribution is -2.34. The Hall–Kier alpha value is -0.520. The Labute approximate surface area is 81.5 Å². The number of hydrogen-bond donors (Lipinski definition) is 2. The molecule has 2 heteroatoms. The second-order valence-corrected chi connectivity index (χ2v) is 3.74. The van der Waals surface area contributed by atoms with E-state index in [0.29, 0.717) is 6.04 Å². The van der Waals surface area contributed by atoms with Crippen LogP contribution >= 0.6 is 0 Å². The van der Waals surface area contributed by atoms with Crippen LogP contribution in [0, 0.1) is 11.8 Å². The molecule has 0 aromatic heterocycles. The van der Waals surface area contributed by atoms with Gasteiger partial charge in [0.1, 0.15) is 0 Å². The van der Waals surface area contributed by atoms with E-state index in [4.69, 9.17) is 0 Å². The molecule has 2 N–H and O–H groups in total. The van der Waals surface area contributed by atoms with Crippen molar-refractivity contribution in [2.45, 2.75) is 45.2 Å². The fraction of sp³-hybridized carbons (Fsp3) is 0.818. The molecule has 74 valence electrons. The van der Waals surface area contributed by atoms with Crippen molar-refractivity contribution in [1.82, 2.24) is 10.6 Å². The van der Waals surface area contributed by atoms with Crippen molar-refractivity contribution in [2.75, 3.05) is 13.1 Å². The maximum Gasteiger partial charge on any atom is 0.0578 e. The van der Waals surface area contributed by atoms with Crippen LogP contribution in [0.3, 0.4) is 0 Å². The highest BCUT2D eigenvalue weighted by Crippen LogP contribution is 2.10. The molecular formula is C11H20N2. The zero-order chi connectivity index (χ0) is 9.52. The van der Waals surface area contributed by atoms with Crippen molar-refractivity contribution < 1.29 is 0 Å².